The molecule has 112 valence electrons. The largest absolute Gasteiger partial charge is 0.467 e. The average Bonchev–Trinajstić information content (AvgIpc) is 3.05. The molecule has 0 saturated heterocycles. The SMILES string of the molecule is COC(=O)[C@H](CC1CCCC1)n1cnc(C(F)(F)F)n1. The van der Waals surface area contributed by atoms with Gasteiger partial charge < -0.3 is 4.74 Å². The van der Waals surface area contributed by atoms with Crippen molar-refractivity contribution in [2.24, 2.45) is 5.92 Å². The van der Waals surface area contributed by atoms with E-state index in [4.69, 9.17) is 0 Å². The van der Waals surface area contributed by atoms with Crippen LogP contribution < -0.4 is 0 Å². The summed E-state index contributed by atoms with van der Waals surface area (Å²) in [5.41, 5.74) is 0. The summed E-state index contributed by atoms with van der Waals surface area (Å²) in [7, 11) is 1.21. The van der Waals surface area contributed by atoms with E-state index >= 15 is 0 Å². The monoisotopic (exact) mass is 291 g/mol. The van der Waals surface area contributed by atoms with Crippen molar-refractivity contribution in [1.82, 2.24) is 14.8 Å². The Labute approximate surface area is 114 Å². The third-order valence-electron chi connectivity index (χ3n) is 3.59. The smallest absolute Gasteiger partial charge is 0.453 e. The molecule has 0 bridgehead atoms. The molecule has 1 atom stereocenters. The Bertz CT molecular complexity index is 467. The summed E-state index contributed by atoms with van der Waals surface area (Å²) in [6, 6.07) is -0.841. The molecule has 8 heteroatoms. The quantitative estimate of drug-likeness (QED) is 0.800. The first-order valence-corrected chi connectivity index (χ1v) is 6.48. The standard InChI is InChI=1S/C12H16F3N3O2/c1-20-10(19)9(6-8-4-2-3-5-8)18-7-16-11(17-18)12(13,14)15/h7-9H,2-6H2,1H3/t9-/m0/s1. The third kappa shape index (κ3) is 3.29. The number of hydrogen-bond donors (Lipinski definition) is 0. The third-order valence-corrected chi connectivity index (χ3v) is 3.59. The van der Waals surface area contributed by atoms with Crippen LogP contribution in [0.1, 0.15) is 44.0 Å². The molecule has 1 aromatic heterocycles. The van der Waals surface area contributed by atoms with Crippen LogP contribution in [-0.2, 0) is 15.7 Å². The Hall–Kier alpha value is -1.60. The molecule has 2 rings (SSSR count). The van der Waals surface area contributed by atoms with E-state index in [1.807, 2.05) is 0 Å². The van der Waals surface area contributed by atoms with Crippen LogP contribution in [0.25, 0.3) is 0 Å². The van der Waals surface area contributed by atoms with Crippen LogP contribution in [-0.4, -0.2) is 27.8 Å². The van der Waals surface area contributed by atoms with Crippen molar-refractivity contribution in [1.29, 1.82) is 0 Å². The molecule has 20 heavy (non-hydrogen) atoms. The first-order valence-electron chi connectivity index (χ1n) is 6.48. The second-order valence-electron chi connectivity index (χ2n) is 4.97. The Morgan fingerprint density at radius 3 is 2.65 bits per heavy atom. The minimum absolute atomic E-state index is 0.317. The molecule has 1 heterocycles. The zero-order chi connectivity index (χ0) is 14.8. The molecule has 0 radical (unpaired) electrons. The summed E-state index contributed by atoms with van der Waals surface area (Å²) in [6.45, 7) is 0. The highest BCUT2D eigenvalue weighted by molar-refractivity contribution is 5.73. The zero-order valence-electron chi connectivity index (χ0n) is 11.1. The van der Waals surface area contributed by atoms with Gasteiger partial charge in [-0.15, -0.1) is 5.10 Å². The maximum absolute atomic E-state index is 12.5. The van der Waals surface area contributed by atoms with Crippen molar-refractivity contribution in [3.8, 4) is 0 Å². The van der Waals surface area contributed by atoms with Gasteiger partial charge >= 0.3 is 12.1 Å². The first-order chi connectivity index (χ1) is 9.41. The topological polar surface area (TPSA) is 57.0 Å². The minimum atomic E-state index is -4.61. The molecule has 0 N–H and O–H groups in total. The molecule has 0 amide bonds. The molecule has 0 aliphatic heterocycles. The van der Waals surface area contributed by atoms with E-state index in [1.165, 1.54) is 7.11 Å². The van der Waals surface area contributed by atoms with Crippen molar-refractivity contribution in [3.05, 3.63) is 12.2 Å². The molecule has 0 aromatic carbocycles. The van der Waals surface area contributed by atoms with Crippen LogP contribution in [0.5, 0.6) is 0 Å². The number of carbonyl (C=O) groups excluding carboxylic acids is 1. The number of methoxy groups -OCH3 is 1. The van der Waals surface area contributed by atoms with Gasteiger partial charge in [0.25, 0.3) is 5.82 Å². The number of alkyl halides is 3. The fraction of sp³-hybridized carbons (Fsp3) is 0.750. The highest BCUT2D eigenvalue weighted by Crippen LogP contribution is 2.33. The molecule has 0 unspecified atom stereocenters. The maximum Gasteiger partial charge on any atom is 0.453 e. The van der Waals surface area contributed by atoms with Gasteiger partial charge in [-0.3, -0.25) is 0 Å². The lowest BCUT2D eigenvalue weighted by molar-refractivity contribution is -0.148. The zero-order valence-corrected chi connectivity index (χ0v) is 11.1. The number of rotatable bonds is 4. The maximum atomic E-state index is 12.5. The van der Waals surface area contributed by atoms with E-state index in [-0.39, 0.29) is 0 Å². The summed E-state index contributed by atoms with van der Waals surface area (Å²) < 4.78 is 43.1. The van der Waals surface area contributed by atoms with Crippen molar-refractivity contribution in [3.63, 3.8) is 0 Å². The lowest BCUT2D eigenvalue weighted by Gasteiger charge is -2.18. The lowest BCUT2D eigenvalue weighted by Crippen LogP contribution is -2.24. The van der Waals surface area contributed by atoms with Gasteiger partial charge in [-0.05, 0) is 12.3 Å². The van der Waals surface area contributed by atoms with Crippen LogP contribution in [0, 0.1) is 5.92 Å². The molecule has 1 fully saturated rings. The number of carbonyl (C=O) groups is 1. The number of aromatic nitrogens is 3. The van der Waals surface area contributed by atoms with E-state index < -0.39 is 24.0 Å². The second-order valence-corrected chi connectivity index (χ2v) is 4.97. The van der Waals surface area contributed by atoms with Gasteiger partial charge in [0.2, 0.25) is 0 Å². The van der Waals surface area contributed by atoms with Crippen LogP contribution in [0.4, 0.5) is 13.2 Å². The summed E-state index contributed by atoms with van der Waals surface area (Å²) >= 11 is 0. The minimum Gasteiger partial charge on any atom is -0.467 e. The van der Waals surface area contributed by atoms with E-state index in [2.05, 4.69) is 14.8 Å². The number of hydrogen-bond acceptors (Lipinski definition) is 4. The lowest BCUT2D eigenvalue weighted by atomic mass is 9.98. The Balaban J connectivity index is 2.17. The van der Waals surface area contributed by atoms with E-state index in [1.54, 1.807) is 0 Å². The molecule has 0 spiro atoms. The average molecular weight is 291 g/mol. The summed E-state index contributed by atoms with van der Waals surface area (Å²) in [5, 5.41) is 3.37. The number of nitrogens with zero attached hydrogens (tertiary/aromatic N) is 3. The Morgan fingerprint density at radius 2 is 2.15 bits per heavy atom. The fourth-order valence-corrected chi connectivity index (χ4v) is 2.56. The van der Waals surface area contributed by atoms with E-state index in [0.29, 0.717) is 12.3 Å². The van der Waals surface area contributed by atoms with Gasteiger partial charge in [-0.25, -0.2) is 14.5 Å². The molecule has 1 saturated carbocycles. The van der Waals surface area contributed by atoms with E-state index in [9.17, 15) is 18.0 Å². The number of esters is 1. The van der Waals surface area contributed by atoms with Gasteiger partial charge in [0.05, 0.1) is 7.11 Å². The Morgan fingerprint density at radius 1 is 1.50 bits per heavy atom. The summed E-state index contributed by atoms with van der Waals surface area (Å²) in [6.07, 6.45) is 0.905. The van der Waals surface area contributed by atoms with Gasteiger partial charge in [0.15, 0.2) is 6.04 Å². The van der Waals surface area contributed by atoms with E-state index in [0.717, 1.165) is 36.7 Å². The normalized spacial score (nSPS) is 18.2. The van der Waals surface area contributed by atoms with Crippen molar-refractivity contribution in [2.75, 3.05) is 7.11 Å². The predicted molar refractivity (Wildman–Crippen MR) is 62.7 cm³/mol. The van der Waals surface area contributed by atoms with Crippen LogP contribution in [0.15, 0.2) is 6.33 Å². The number of ether oxygens (including phenoxy) is 1. The van der Waals surface area contributed by atoms with Gasteiger partial charge in [0.1, 0.15) is 6.33 Å². The van der Waals surface area contributed by atoms with Gasteiger partial charge in [0, 0.05) is 0 Å². The molecule has 1 aliphatic carbocycles. The summed E-state index contributed by atoms with van der Waals surface area (Å²) in [5.74, 6) is -1.51. The molecule has 1 aromatic rings. The summed E-state index contributed by atoms with van der Waals surface area (Å²) in [4.78, 5) is 15.0. The van der Waals surface area contributed by atoms with Crippen molar-refractivity contribution >= 4 is 5.97 Å². The highest BCUT2D eigenvalue weighted by atomic mass is 19.4. The van der Waals surface area contributed by atoms with Crippen LogP contribution in [0.3, 0.4) is 0 Å². The molecular weight excluding hydrogens is 275 g/mol. The Kier molecular flexibility index (Phi) is 4.29. The highest BCUT2D eigenvalue weighted by Gasteiger charge is 2.37. The van der Waals surface area contributed by atoms with Crippen molar-refractivity contribution in [2.45, 2.75) is 44.3 Å². The van der Waals surface area contributed by atoms with Gasteiger partial charge in [-0.1, -0.05) is 25.7 Å². The molecule has 1 aliphatic rings. The molecule has 5 nitrogen and oxygen atoms in total. The van der Waals surface area contributed by atoms with Crippen molar-refractivity contribution < 1.29 is 22.7 Å². The second kappa shape index (κ2) is 5.80. The van der Waals surface area contributed by atoms with Crippen LogP contribution in [0.2, 0.25) is 0 Å². The molecular formula is C12H16F3N3O2. The first kappa shape index (κ1) is 14.8. The van der Waals surface area contributed by atoms with Crippen LogP contribution >= 0.6 is 0 Å². The predicted octanol–water partition coefficient (Wildman–Crippen LogP) is 2.59. The fourth-order valence-electron chi connectivity index (χ4n) is 2.56. The number of halogens is 3. The van der Waals surface area contributed by atoms with Gasteiger partial charge in [-0.2, -0.15) is 13.2 Å².